The second kappa shape index (κ2) is 7.88. The zero-order valence-electron chi connectivity index (χ0n) is 14.4. The summed E-state index contributed by atoms with van der Waals surface area (Å²) in [6, 6.07) is 11.6. The fourth-order valence-electron chi connectivity index (χ4n) is 2.66. The predicted octanol–water partition coefficient (Wildman–Crippen LogP) is 5.92. The minimum absolute atomic E-state index is 0.0963. The smallest absolute Gasteiger partial charge is 0.255 e. The van der Waals surface area contributed by atoms with Gasteiger partial charge in [0, 0.05) is 40.2 Å². The van der Waals surface area contributed by atoms with E-state index < -0.39 is 5.82 Å². The Hall–Kier alpha value is -3.09. The summed E-state index contributed by atoms with van der Waals surface area (Å²) in [4.78, 5) is 21.8. The fraction of sp³-hybridized carbons (Fsp3) is 0. The Morgan fingerprint density at radius 3 is 2.64 bits per heavy atom. The zero-order chi connectivity index (χ0) is 19.5. The normalized spacial score (nSPS) is 10.6. The molecule has 4 rings (SSSR count). The van der Waals surface area contributed by atoms with E-state index in [1.807, 2.05) is 24.4 Å². The van der Waals surface area contributed by atoms with Gasteiger partial charge in [-0.25, -0.2) is 4.39 Å². The van der Waals surface area contributed by atoms with Crippen LogP contribution < -0.4 is 5.32 Å². The molecule has 0 fully saturated rings. The molecule has 0 saturated carbocycles. The average molecular weight is 410 g/mol. The molecule has 3 aromatic heterocycles. The summed E-state index contributed by atoms with van der Waals surface area (Å²) < 4.78 is 13.3. The molecule has 0 saturated heterocycles. The summed E-state index contributed by atoms with van der Waals surface area (Å²) in [6.45, 7) is 0. The lowest BCUT2D eigenvalue weighted by Crippen LogP contribution is -2.12. The van der Waals surface area contributed by atoms with Crippen LogP contribution in [0.3, 0.4) is 0 Å². The molecular formula is C21H13ClFN3OS. The molecule has 0 spiro atoms. The summed E-state index contributed by atoms with van der Waals surface area (Å²) in [5.74, 6) is -0.952. The first-order chi connectivity index (χ1) is 13.6. The lowest BCUT2D eigenvalue weighted by molar-refractivity contribution is 0.102. The molecule has 0 aliphatic rings. The third-order valence-electron chi connectivity index (χ3n) is 4.06. The average Bonchev–Trinajstić information content (AvgIpc) is 3.21. The van der Waals surface area contributed by atoms with Gasteiger partial charge >= 0.3 is 0 Å². The molecule has 1 amide bonds. The molecule has 3 heterocycles. The van der Waals surface area contributed by atoms with Crippen molar-refractivity contribution in [3.8, 4) is 21.6 Å². The molecule has 0 atom stereocenters. The van der Waals surface area contributed by atoms with Crippen molar-refractivity contribution < 1.29 is 9.18 Å². The quantitative estimate of drug-likeness (QED) is 0.455. The van der Waals surface area contributed by atoms with Crippen molar-refractivity contribution in [2.45, 2.75) is 0 Å². The number of amides is 1. The molecule has 4 aromatic rings. The van der Waals surface area contributed by atoms with Crippen LogP contribution >= 0.6 is 22.9 Å². The number of benzene rings is 1. The van der Waals surface area contributed by atoms with E-state index in [9.17, 15) is 9.18 Å². The lowest BCUT2D eigenvalue weighted by atomic mass is 10.1. The number of pyridine rings is 2. The van der Waals surface area contributed by atoms with Gasteiger partial charge in [0.2, 0.25) is 0 Å². The Bertz CT molecular complexity index is 1150. The van der Waals surface area contributed by atoms with E-state index >= 15 is 0 Å². The molecular weight excluding hydrogens is 397 g/mol. The fourth-order valence-corrected chi connectivity index (χ4v) is 3.74. The maximum absolute atomic E-state index is 13.3. The lowest BCUT2D eigenvalue weighted by Gasteiger charge is -2.07. The summed E-state index contributed by atoms with van der Waals surface area (Å²) in [5, 5.41) is 4.72. The Labute approximate surface area is 169 Å². The number of carbonyl (C=O) groups is 1. The van der Waals surface area contributed by atoms with Gasteiger partial charge in [0.05, 0.1) is 16.9 Å². The van der Waals surface area contributed by atoms with E-state index in [1.165, 1.54) is 12.1 Å². The first-order valence-electron chi connectivity index (χ1n) is 8.31. The van der Waals surface area contributed by atoms with Gasteiger partial charge in [0.1, 0.15) is 5.82 Å². The Morgan fingerprint density at radius 2 is 1.86 bits per heavy atom. The van der Waals surface area contributed by atoms with Gasteiger partial charge in [-0.1, -0.05) is 17.7 Å². The van der Waals surface area contributed by atoms with Crippen molar-refractivity contribution in [1.29, 1.82) is 0 Å². The highest BCUT2D eigenvalue weighted by molar-refractivity contribution is 7.14. The topological polar surface area (TPSA) is 54.9 Å². The number of anilines is 1. The molecule has 28 heavy (non-hydrogen) atoms. The van der Waals surface area contributed by atoms with Crippen LogP contribution in [0.1, 0.15) is 10.4 Å². The van der Waals surface area contributed by atoms with Crippen LogP contribution in [0.2, 0.25) is 5.02 Å². The van der Waals surface area contributed by atoms with E-state index in [0.717, 1.165) is 27.6 Å². The number of nitrogens with one attached hydrogen (secondary N) is 1. The molecule has 0 aliphatic carbocycles. The van der Waals surface area contributed by atoms with Crippen molar-refractivity contribution in [2.75, 3.05) is 5.32 Å². The number of thiophene rings is 1. The Morgan fingerprint density at radius 1 is 1.00 bits per heavy atom. The molecule has 4 nitrogen and oxygen atoms in total. The van der Waals surface area contributed by atoms with Crippen LogP contribution in [-0.2, 0) is 0 Å². The van der Waals surface area contributed by atoms with Crippen molar-refractivity contribution in [2.24, 2.45) is 0 Å². The van der Waals surface area contributed by atoms with Gasteiger partial charge in [0.25, 0.3) is 5.91 Å². The number of rotatable bonds is 4. The first kappa shape index (κ1) is 18.3. The van der Waals surface area contributed by atoms with Crippen molar-refractivity contribution in [3.05, 3.63) is 89.0 Å². The molecule has 0 bridgehead atoms. The summed E-state index contributed by atoms with van der Waals surface area (Å²) in [7, 11) is 0. The number of halogens is 2. The summed E-state index contributed by atoms with van der Waals surface area (Å²) in [5.41, 5.74) is 3.81. The maximum Gasteiger partial charge on any atom is 0.255 e. The highest BCUT2D eigenvalue weighted by Crippen LogP contribution is 2.33. The SMILES string of the molecule is O=C(Nc1cncc(-c2cc(-c3cccnc3)cs2)c1)c1ccc(F)c(Cl)c1. The highest BCUT2D eigenvalue weighted by atomic mass is 35.5. The molecule has 0 unspecified atom stereocenters. The van der Waals surface area contributed by atoms with Crippen molar-refractivity contribution >= 4 is 34.5 Å². The number of carbonyl (C=O) groups excluding carboxylic acids is 1. The minimum atomic E-state index is -0.566. The third-order valence-corrected chi connectivity index (χ3v) is 5.33. The van der Waals surface area contributed by atoms with Crippen LogP contribution in [0.5, 0.6) is 0 Å². The van der Waals surface area contributed by atoms with Gasteiger partial charge < -0.3 is 5.32 Å². The second-order valence-corrected chi connectivity index (χ2v) is 7.31. The van der Waals surface area contributed by atoms with Crippen LogP contribution in [-0.4, -0.2) is 15.9 Å². The van der Waals surface area contributed by atoms with Gasteiger partial charge in [-0.15, -0.1) is 11.3 Å². The van der Waals surface area contributed by atoms with E-state index in [0.29, 0.717) is 5.69 Å². The monoisotopic (exact) mass is 409 g/mol. The summed E-state index contributed by atoms with van der Waals surface area (Å²) >= 11 is 7.33. The van der Waals surface area contributed by atoms with Gasteiger partial charge in [-0.3, -0.25) is 14.8 Å². The zero-order valence-corrected chi connectivity index (χ0v) is 16.0. The predicted molar refractivity (Wildman–Crippen MR) is 110 cm³/mol. The Kier molecular flexibility index (Phi) is 5.14. The molecule has 0 aliphatic heterocycles. The van der Waals surface area contributed by atoms with Crippen LogP contribution in [0.25, 0.3) is 21.6 Å². The molecule has 138 valence electrons. The number of hydrogen-bond acceptors (Lipinski definition) is 4. The molecule has 1 N–H and O–H groups in total. The number of hydrogen-bond donors (Lipinski definition) is 1. The largest absolute Gasteiger partial charge is 0.321 e. The number of aromatic nitrogens is 2. The minimum Gasteiger partial charge on any atom is -0.321 e. The van der Waals surface area contributed by atoms with Crippen LogP contribution in [0.15, 0.2) is 72.6 Å². The molecule has 7 heteroatoms. The first-order valence-corrected chi connectivity index (χ1v) is 9.57. The van der Waals surface area contributed by atoms with E-state index in [4.69, 9.17) is 11.6 Å². The summed E-state index contributed by atoms with van der Waals surface area (Å²) in [6.07, 6.45) is 6.85. The second-order valence-electron chi connectivity index (χ2n) is 5.99. The van der Waals surface area contributed by atoms with Crippen LogP contribution in [0.4, 0.5) is 10.1 Å². The van der Waals surface area contributed by atoms with Crippen molar-refractivity contribution in [3.63, 3.8) is 0 Å². The molecule has 1 aromatic carbocycles. The van der Waals surface area contributed by atoms with Gasteiger partial charge in [-0.05, 0) is 47.3 Å². The maximum atomic E-state index is 13.3. The highest BCUT2D eigenvalue weighted by Gasteiger charge is 2.11. The van der Waals surface area contributed by atoms with E-state index in [2.05, 4.69) is 26.7 Å². The van der Waals surface area contributed by atoms with Crippen LogP contribution in [0, 0.1) is 5.82 Å². The molecule has 0 radical (unpaired) electrons. The Balaban J connectivity index is 1.56. The third kappa shape index (κ3) is 3.93. The number of nitrogens with zero attached hydrogens (tertiary/aromatic N) is 2. The van der Waals surface area contributed by atoms with E-state index in [-0.39, 0.29) is 16.5 Å². The van der Waals surface area contributed by atoms with Gasteiger partial charge in [0.15, 0.2) is 0 Å². The van der Waals surface area contributed by atoms with Crippen molar-refractivity contribution in [1.82, 2.24) is 9.97 Å². The van der Waals surface area contributed by atoms with Gasteiger partial charge in [-0.2, -0.15) is 0 Å². The van der Waals surface area contributed by atoms with E-state index in [1.54, 1.807) is 29.9 Å². The standard InChI is InChI=1S/C21H13ClFN3OS/c22-18-7-13(3-4-19(18)23)21(27)26-17-6-15(10-25-11-17)20-8-16(12-28-20)14-2-1-5-24-9-14/h1-12H,(H,26,27).